The summed E-state index contributed by atoms with van der Waals surface area (Å²) >= 11 is 1.74. The highest BCUT2D eigenvalue weighted by atomic mass is 32.1. The van der Waals surface area contributed by atoms with Crippen molar-refractivity contribution in [3.63, 3.8) is 0 Å². The van der Waals surface area contributed by atoms with Crippen molar-refractivity contribution in [3.8, 4) is 0 Å². The fraction of sp³-hybridized carbons (Fsp3) is 0.812. The van der Waals surface area contributed by atoms with E-state index in [-0.39, 0.29) is 6.10 Å². The molecule has 1 aliphatic rings. The molecule has 1 aromatic rings. The Bertz CT molecular complexity index is 411. The highest BCUT2D eigenvalue weighted by Crippen LogP contribution is 2.24. The number of nitrogens with one attached hydrogen (secondary N) is 1. The third-order valence-corrected chi connectivity index (χ3v) is 5.60. The number of aromatic nitrogens is 1. The van der Waals surface area contributed by atoms with Crippen molar-refractivity contribution in [1.29, 1.82) is 0 Å². The van der Waals surface area contributed by atoms with E-state index >= 15 is 0 Å². The lowest BCUT2D eigenvalue weighted by molar-refractivity contribution is 0.0971. The lowest BCUT2D eigenvalue weighted by atomic mass is 9.96. The van der Waals surface area contributed by atoms with Gasteiger partial charge >= 0.3 is 0 Å². The first-order valence-electron chi connectivity index (χ1n) is 8.22. The summed E-state index contributed by atoms with van der Waals surface area (Å²) in [4.78, 5) is 6.95. The van der Waals surface area contributed by atoms with E-state index in [4.69, 9.17) is 0 Å². The van der Waals surface area contributed by atoms with Gasteiger partial charge in [0, 0.05) is 31.1 Å². The number of aliphatic hydroxyl groups excluding tert-OH is 1. The van der Waals surface area contributed by atoms with Crippen LogP contribution in [0.25, 0.3) is 0 Å². The van der Waals surface area contributed by atoms with Gasteiger partial charge in [0.1, 0.15) is 0 Å². The molecular weight excluding hydrogens is 282 g/mol. The molecule has 5 heteroatoms. The summed E-state index contributed by atoms with van der Waals surface area (Å²) in [5.74, 6) is 0.427. The fourth-order valence-electron chi connectivity index (χ4n) is 3.05. The molecule has 2 N–H and O–H groups in total. The number of thiazole rings is 1. The number of aryl methyl sites for hydroxylation is 1. The Kier molecular flexibility index (Phi) is 6.45. The molecule has 0 radical (unpaired) electrons. The van der Waals surface area contributed by atoms with E-state index in [1.807, 2.05) is 6.92 Å². The molecule has 0 aliphatic carbocycles. The summed E-state index contributed by atoms with van der Waals surface area (Å²) in [6, 6.07) is 0.534. The maximum Gasteiger partial charge on any atom is 0.185 e. The molecule has 2 rings (SSSR count). The summed E-state index contributed by atoms with van der Waals surface area (Å²) in [5.41, 5.74) is 1.11. The van der Waals surface area contributed by atoms with E-state index in [1.54, 1.807) is 11.3 Å². The number of piperidine rings is 1. The molecule has 1 fully saturated rings. The Morgan fingerprint density at radius 3 is 2.57 bits per heavy atom. The van der Waals surface area contributed by atoms with Crippen LogP contribution >= 0.6 is 11.3 Å². The average molecular weight is 311 g/mol. The Morgan fingerprint density at radius 2 is 2.05 bits per heavy atom. The van der Waals surface area contributed by atoms with Crippen LogP contribution in [0.5, 0.6) is 0 Å². The van der Waals surface area contributed by atoms with E-state index < -0.39 is 0 Å². The first kappa shape index (κ1) is 16.7. The first-order chi connectivity index (χ1) is 10.1. The van der Waals surface area contributed by atoms with Crippen LogP contribution in [0.2, 0.25) is 0 Å². The van der Waals surface area contributed by atoms with Crippen molar-refractivity contribution in [1.82, 2.24) is 10.3 Å². The summed E-state index contributed by atoms with van der Waals surface area (Å²) < 4.78 is 0. The van der Waals surface area contributed by atoms with Crippen LogP contribution in [0.4, 0.5) is 5.13 Å². The number of anilines is 1. The molecule has 21 heavy (non-hydrogen) atoms. The summed E-state index contributed by atoms with van der Waals surface area (Å²) in [6.07, 6.45) is 4.17. The molecule has 2 heterocycles. The Hall–Kier alpha value is -0.650. The highest BCUT2D eigenvalue weighted by Gasteiger charge is 2.22. The van der Waals surface area contributed by atoms with E-state index in [0.29, 0.717) is 12.0 Å². The van der Waals surface area contributed by atoms with Gasteiger partial charge in [-0.05, 0) is 25.7 Å². The molecule has 1 aromatic heterocycles. The van der Waals surface area contributed by atoms with Crippen molar-refractivity contribution in [3.05, 3.63) is 11.1 Å². The molecule has 1 saturated heterocycles. The van der Waals surface area contributed by atoms with Gasteiger partial charge in [0.05, 0.1) is 11.8 Å². The van der Waals surface area contributed by atoms with E-state index in [1.165, 1.54) is 0 Å². The van der Waals surface area contributed by atoms with Crippen molar-refractivity contribution in [2.75, 3.05) is 24.5 Å². The van der Waals surface area contributed by atoms with Crippen LogP contribution in [0.1, 0.15) is 45.2 Å². The molecule has 1 unspecified atom stereocenters. The van der Waals surface area contributed by atoms with Gasteiger partial charge in [-0.15, -0.1) is 11.3 Å². The van der Waals surface area contributed by atoms with Crippen molar-refractivity contribution in [2.45, 2.75) is 58.6 Å². The van der Waals surface area contributed by atoms with Crippen LogP contribution in [-0.4, -0.2) is 41.9 Å². The predicted octanol–water partition coefficient (Wildman–Crippen LogP) is 2.81. The molecule has 120 valence electrons. The smallest absolute Gasteiger partial charge is 0.185 e. The summed E-state index contributed by atoms with van der Waals surface area (Å²) in [5, 5.41) is 17.0. The zero-order valence-corrected chi connectivity index (χ0v) is 14.3. The maximum absolute atomic E-state index is 10.2. The Labute approximate surface area is 132 Å². The normalized spacial score (nSPS) is 18.4. The summed E-state index contributed by atoms with van der Waals surface area (Å²) in [6.45, 7) is 9.22. The molecule has 0 bridgehead atoms. The number of aliphatic hydroxyl groups is 1. The number of nitrogens with zero attached hydrogens (tertiary/aromatic N) is 2. The Morgan fingerprint density at radius 1 is 1.38 bits per heavy atom. The van der Waals surface area contributed by atoms with Crippen LogP contribution in [0.3, 0.4) is 0 Å². The predicted molar refractivity (Wildman–Crippen MR) is 90.2 cm³/mol. The highest BCUT2D eigenvalue weighted by molar-refractivity contribution is 7.13. The zero-order chi connectivity index (χ0) is 15.2. The average Bonchev–Trinajstić information content (AvgIpc) is 2.93. The minimum absolute atomic E-state index is 0.209. The van der Waals surface area contributed by atoms with Crippen molar-refractivity contribution < 1.29 is 5.11 Å². The minimum Gasteiger partial charge on any atom is -0.392 e. The van der Waals surface area contributed by atoms with Gasteiger partial charge in [0.15, 0.2) is 5.13 Å². The van der Waals surface area contributed by atoms with Gasteiger partial charge in [-0.1, -0.05) is 26.7 Å². The van der Waals surface area contributed by atoms with Crippen molar-refractivity contribution >= 4 is 16.5 Å². The van der Waals surface area contributed by atoms with E-state index in [9.17, 15) is 5.11 Å². The fourth-order valence-corrected chi connectivity index (χ4v) is 3.91. The third kappa shape index (κ3) is 4.66. The number of hydrogen-bond acceptors (Lipinski definition) is 5. The zero-order valence-electron chi connectivity index (χ0n) is 13.5. The van der Waals surface area contributed by atoms with Crippen LogP contribution < -0.4 is 10.2 Å². The van der Waals surface area contributed by atoms with Crippen LogP contribution in [-0.2, 0) is 0 Å². The molecule has 0 aromatic carbocycles. The number of rotatable bonds is 7. The van der Waals surface area contributed by atoms with E-state index in [0.717, 1.165) is 56.1 Å². The molecule has 4 nitrogen and oxygen atoms in total. The quantitative estimate of drug-likeness (QED) is 0.813. The van der Waals surface area contributed by atoms with Gasteiger partial charge < -0.3 is 15.3 Å². The topological polar surface area (TPSA) is 48.4 Å². The monoisotopic (exact) mass is 311 g/mol. The third-order valence-electron chi connectivity index (χ3n) is 4.58. The van der Waals surface area contributed by atoms with Gasteiger partial charge in [0.2, 0.25) is 0 Å². The number of hydrogen-bond donors (Lipinski definition) is 2. The van der Waals surface area contributed by atoms with Gasteiger partial charge in [-0.25, -0.2) is 4.98 Å². The molecular formula is C16H29N3OS. The lowest BCUT2D eigenvalue weighted by Gasteiger charge is -2.33. The summed E-state index contributed by atoms with van der Waals surface area (Å²) in [7, 11) is 0. The SMILES string of the molecule is CCC(CC)C(O)CNC1CCN(c2nc(C)cs2)CC1. The largest absolute Gasteiger partial charge is 0.392 e. The molecule has 1 atom stereocenters. The molecule has 0 saturated carbocycles. The second-order valence-electron chi connectivity index (χ2n) is 6.08. The first-order valence-corrected chi connectivity index (χ1v) is 9.10. The molecule has 0 amide bonds. The standard InChI is InChI=1S/C16H29N3OS/c1-4-13(5-2)15(20)10-17-14-6-8-19(9-7-14)16-18-12(3)11-21-16/h11,13-15,17,20H,4-10H2,1-3H3. The van der Waals surface area contributed by atoms with Gasteiger partial charge in [-0.3, -0.25) is 0 Å². The minimum atomic E-state index is -0.209. The molecule has 1 aliphatic heterocycles. The second-order valence-corrected chi connectivity index (χ2v) is 6.92. The van der Waals surface area contributed by atoms with Gasteiger partial charge in [-0.2, -0.15) is 0 Å². The van der Waals surface area contributed by atoms with Crippen LogP contribution in [0.15, 0.2) is 5.38 Å². The van der Waals surface area contributed by atoms with E-state index in [2.05, 4.69) is 34.4 Å². The van der Waals surface area contributed by atoms with Gasteiger partial charge in [0.25, 0.3) is 0 Å². The second kappa shape index (κ2) is 8.11. The van der Waals surface area contributed by atoms with Crippen molar-refractivity contribution in [2.24, 2.45) is 5.92 Å². The maximum atomic E-state index is 10.2. The lowest BCUT2D eigenvalue weighted by Crippen LogP contribution is -2.45. The Balaban J connectivity index is 1.72. The molecule has 0 spiro atoms. The van der Waals surface area contributed by atoms with Crippen LogP contribution in [0, 0.1) is 12.8 Å².